The molecule has 0 amide bonds. The molecule has 5 heteroatoms. The minimum atomic E-state index is -0.193. The first-order valence-corrected chi connectivity index (χ1v) is 11.2. The summed E-state index contributed by atoms with van der Waals surface area (Å²) in [6.07, 6.45) is 8.55. The molecule has 2 aliphatic heterocycles. The predicted octanol–water partition coefficient (Wildman–Crippen LogP) is 4.98. The number of halogens is 1. The van der Waals surface area contributed by atoms with Crippen LogP contribution in [0.3, 0.4) is 0 Å². The van der Waals surface area contributed by atoms with E-state index < -0.39 is 0 Å². The highest BCUT2D eigenvalue weighted by Gasteiger charge is 2.32. The smallest absolute Gasteiger partial charge is 0.123 e. The summed E-state index contributed by atoms with van der Waals surface area (Å²) in [6.45, 7) is 1.82. The third kappa shape index (κ3) is 4.72. The molecule has 160 valence electrons. The van der Waals surface area contributed by atoms with Crippen LogP contribution in [0.2, 0.25) is 0 Å². The molecule has 3 unspecified atom stereocenters. The Balaban J connectivity index is 1.28. The molecule has 3 aromatic rings. The van der Waals surface area contributed by atoms with Gasteiger partial charge >= 0.3 is 0 Å². The van der Waals surface area contributed by atoms with Gasteiger partial charge in [-0.05, 0) is 67.5 Å². The number of hydrogen-bond donors (Lipinski definition) is 2. The maximum atomic E-state index is 13.4. The van der Waals surface area contributed by atoms with Gasteiger partial charge in [0.2, 0.25) is 0 Å². The number of aromatic nitrogens is 1. The summed E-state index contributed by atoms with van der Waals surface area (Å²) in [5.74, 6) is 0.464. The molecule has 4 nitrogen and oxygen atoms in total. The average Bonchev–Trinajstić information content (AvgIpc) is 3.13. The second-order valence-electron chi connectivity index (χ2n) is 8.77. The number of piperidine rings is 1. The van der Waals surface area contributed by atoms with Gasteiger partial charge < -0.3 is 15.5 Å². The zero-order chi connectivity index (χ0) is 21.0. The van der Waals surface area contributed by atoms with Gasteiger partial charge in [0.1, 0.15) is 5.82 Å². The Labute approximate surface area is 183 Å². The normalized spacial score (nSPS) is 22.7. The Morgan fingerprint density at radius 1 is 1.00 bits per heavy atom. The van der Waals surface area contributed by atoms with E-state index in [9.17, 15) is 4.39 Å². The quantitative estimate of drug-likeness (QED) is 0.595. The van der Waals surface area contributed by atoms with E-state index in [4.69, 9.17) is 0 Å². The molecule has 2 aliphatic rings. The van der Waals surface area contributed by atoms with Crippen molar-refractivity contribution in [2.75, 3.05) is 16.8 Å². The largest absolute Gasteiger partial charge is 0.363 e. The number of nitrogens with zero attached hydrogens (tertiary/aromatic N) is 2. The van der Waals surface area contributed by atoms with Crippen LogP contribution in [0.25, 0.3) is 0 Å². The number of benzene rings is 2. The van der Waals surface area contributed by atoms with Crippen molar-refractivity contribution in [3.8, 4) is 0 Å². The number of fused-ring (bicyclic) bond motifs is 1. The number of pyridine rings is 1. The molecular formula is C26H29FN4. The third-order valence-electron chi connectivity index (χ3n) is 6.56. The summed E-state index contributed by atoms with van der Waals surface area (Å²) in [5.41, 5.74) is 4.77. The third-order valence-corrected chi connectivity index (χ3v) is 6.56. The monoisotopic (exact) mass is 416 g/mol. The fourth-order valence-electron chi connectivity index (χ4n) is 5.01. The van der Waals surface area contributed by atoms with Gasteiger partial charge in [0.25, 0.3) is 0 Å². The highest BCUT2D eigenvalue weighted by molar-refractivity contribution is 5.74. The molecule has 1 aromatic heterocycles. The number of hydrogen-bond acceptors (Lipinski definition) is 4. The Morgan fingerprint density at radius 2 is 1.84 bits per heavy atom. The van der Waals surface area contributed by atoms with E-state index in [1.165, 1.54) is 18.4 Å². The second kappa shape index (κ2) is 9.06. The maximum absolute atomic E-state index is 13.4. The molecule has 0 spiro atoms. The van der Waals surface area contributed by atoms with Gasteiger partial charge in [-0.2, -0.15) is 0 Å². The van der Waals surface area contributed by atoms with Crippen LogP contribution >= 0.6 is 0 Å². The Bertz CT molecular complexity index is 992. The first-order chi connectivity index (χ1) is 15.2. The van der Waals surface area contributed by atoms with Gasteiger partial charge in [0.05, 0.1) is 23.7 Å². The van der Waals surface area contributed by atoms with Crippen molar-refractivity contribution in [1.82, 2.24) is 10.3 Å². The van der Waals surface area contributed by atoms with Crippen molar-refractivity contribution in [3.63, 3.8) is 0 Å². The van der Waals surface area contributed by atoms with Crippen LogP contribution in [0.4, 0.5) is 15.8 Å². The number of nitrogens with one attached hydrogen (secondary N) is 2. The van der Waals surface area contributed by atoms with Gasteiger partial charge in [-0.1, -0.05) is 42.5 Å². The van der Waals surface area contributed by atoms with Crippen LogP contribution in [0.1, 0.15) is 30.4 Å². The topological polar surface area (TPSA) is 40.2 Å². The minimum absolute atomic E-state index is 0.193. The molecule has 0 bridgehead atoms. The summed E-state index contributed by atoms with van der Waals surface area (Å²) >= 11 is 0. The van der Waals surface area contributed by atoms with Crippen molar-refractivity contribution in [2.24, 2.45) is 5.92 Å². The fraction of sp³-hybridized carbons (Fsp3) is 0.346. The van der Waals surface area contributed by atoms with Crippen molar-refractivity contribution >= 4 is 11.4 Å². The SMILES string of the molecule is Fc1ccc(CN2c3cnccc3NC2CC2CCNC(Cc3ccccc3)C2)cc1. The first-order valence-electron chi connectivity index (χ1n) is 11.2. The Kier molecular flexibility index (Phi) is 5.85. The van der Waals surface area contributed by atoms with Crippen molar-refractivity contribution in [2.45, 2.75) is 44.4 Å². The molecule has 0 radical (unpaired) electrons. The van der Waals surface area contributed by atoms with Gasteiger partial charge in [-0.3, -0.25) is 4.98 Å². The highest BCUT2D eigenvalue weighted by atomic mass is 19.1. The minimum Gasteiger partial charge on any atom is -0.363 e. The molecular weight excluding hydrogens is 387 g/mol. The van der Waals surface area contributed by atoms with E-state index in [0.29, 0.717) is 12.0 Å². The van der Waals surface area contributed by atoms with Gasteiger partial charge in [0.15, 0.2) is 0 Å². The summed E-state index contributed by atoms with van der Waals surface area (Å²) in [4.78, 5) is 6.74. The second-order valence-corrected chi connectivity index (χ2v) is 8.77. The lowest BCUT2D eigenvalue weighted by molar-refractivity contribution is 0.276. The molecule has 0 aliphatic carbocycles. The molecule has 31 heavy (non-hydrogen) atoms. The average molecular weight is 417 g/mol. The summed E-state index contributed by atoms with van der Waals surface area (Å²) in [5, 5.41) is 7.44. The Hall–Kier alpha value is -2.92. The van der Waals surface area contributed by atoms with Crippen molar-refractivity contribution in [3.05, 3.63) is 90.0 Å². The van der Waals surface area contributed by atoms with E-state index in [2.05, 4.69) is 50.8 Å². The summed E-state index contributed by atoms with van der Waals surface area (Å²) in [6, 6.07) is 20.2. The van der Waals surface area contributed by atoms with E-state index in [1.54, 1.807) is 12.1 Å². The lowest BCUT2D eigenvalue weighted by Crippen LogP contribution is -2.43. The molecule has 3 heterocycles. The number of anilines is 2. The molecule has 0 saturated carbocycles. The van der Waals surface area contributed by atoms with Gasteiger partial charge in [-0.25, -0.2) is 4.39 Å². The van der Waals surface area contributed by atoms with E-state index in [1.807, 2.05) is 30.6 Å². The standard InChI is InChI=1S/C26H29FN4/c27-22-8-6-20(7-9-22)18-31-25-17-28-12-11-24(25)30-26(31)16-21-10-13-29-23(15-21)14-19-4-2-1-3-5-19/h1-9,11-12,17,21,23,26,29-30H,10,13-16,18H2. The van der Waals surface area contributed by atoms with Crippen LogP contribution in [-0.2, 0) is 13.0 Å². The van der Waals surface area contributed by atoms with Crippen LogP contribution in [-0.4, -0.2) is 23.7 Å². The van der Waals surface area contributed by atoms with Crippen molar-refractivity contribution < 1.29 is 4.39 Å². The first kappa shape index (κ1) is 20.0. The summed E-state index contributed by atoms with van der Waals surface area (Å²) < 4.78 is 13.4. The van der Waals surface area contributed by atoms with Crippen LogP contribution in [0.15, 0.2) is 73.1 Å². The van der Waals surface area contributed by atoms with E-state index >= 15 is 0 Å². The fourth-order valence-corrected chi connectivity index (χ4v) is 5.01. The van der Waals surface area contributed by atoms with Crippen LogP contribution < -0.4 is 15.5 Å². The van der Waals surface area contributed by atoms with Gasteiger partial charge in [0, 0.05) is 18.8 Å². The van der Waals surface area contributed by atoms with Crippen LogP contribution in [0, 0.1) is 11.7 Å². The zero-order valence-electron chi connectivity index (χ0n) is 17.7. The molecule has 1 fully saturated rings. The molecule has 1 saturated heterocycles. The van der Waals surface area contributed by atoms with E-state index in [0.717, 1.165) is 42.9 Å². The number of rotatable bonds is 6. The molecule has 2 N–H and O–H groups in total. The lowest BCUT2D eigenvalue weighted by atomic mass is 9.86. The lowest BCUT2D eigenvalue weighted by Gasteiger charge is -2.35. The van der Waals surface area contributed by atoms with E-state index in [-0.39, 0.29) is 12.0 Å². The molecule has 3 atom stereocenters. The zero-order valence-corrected chi connectivity index (χ0v) is 17.7. The summed E-state index contributed by atoms with van der Waals surface area (Å²) in [7, 11) is 0. The molecule has 2 aromatic carbocycles. The maximum Gasteiger partial charge on any atom is 0.123 e. The Morgan fingerprint density at radius 3 is 2.68 bits per heavy atom. The molecule has 5 rings (SSSR count). The van der Waals surface area contributed by atoms with Gasteiger partial charge in [-0.15, -0.1) is 0 Å². The predicted molar refractivity (Wildman–Crippen MR) is 124 cm³/mol. The van der Waals surface area contributed by atoms with Crippen molar-refractivity contribution in [1.29, 1.82) is 0 Å². The van der Waals surface area contributed by atoms with Crippen LogP contribution in [0.5, 0.6) is 0 Å². The highest BCUT2D eigenvalue weighted by Crippen LogP contribution is 2.38.